The Balaban J connectivity index is 1.80. The molecule has 0 saturated carbocycles. The highest BCUT2D eigenvalue weighted by Gasteiger charge is 2.20. The fraction of sp³-hybridized carbons (Fsp3) is 0.611. The second-order valence-corrected chi connectivity index (χ2v) is 5.78. The van der Waals surface area contributed by atoms with Crippen LogP contribution in [0.15, 0.2) is 30.3 Å². The molecule has 5 nitrogen and oxygen atoms in total. The molecular formula is C18H27NO4. The molecule has 0 aromatic heterocycles. The Morgan fingerprint density at radius 3 is 2.70 bits per heavy atom. The van der Waals surface area contributed by atoms with E-state index >= 15 is 0 Å². The highest BCUT2D eigenvalue weighted by atomic mass is 16.6. The van der Waals surface area contributed by atoms with Crippen molar-refractivity contribution < 1.29 is 19.0 Å². The van der Waals surface area contributed by atoms with Gasteiger partial charge in [0.2, 0.25) is 0 Å². The van der Waals surface area contributed by atoms with Crippen molar-refractivity contribution in [2.75, 3.05) is 39.5 Å². The first-order valence-corrected chi connectivity index (χ1v) is 8.39. The normalized spacial score (nSPS) is 16.9. The predicted molar refractivity (Wildman–Crippen MR) is 88.1 cm³/mol. The summed E-state index contributed by atoms with van der Waals surface area (Å²) in [5, 5.41) is 0. The second-order valence-electron chi connectivity index (χ2n) is 5.78. The van der Waals surface area contributed by atoms with Gasteiger partial charge in [0, 0.05) is 26.1 Å². The Labute approximate surface area is 138 Å². The lowest BCUT2D eigenvalue weighted by atomic mass is 10.2. The minimum absolute atomic E-state index is 0.144. The summed E-state index contributed by atoms with van der Waals surface area (Å²) in [6.45, 7) is 6.85. The lowest BCUT2D eigenvalue weighted by Crippen LogP contribution is -2.43. The molecule has 1 heterocycles. The molecule has 0 amide bonds. The zero-order valence-corrected chi connectivity index (χ0v) is 13.9. The zero-order chi connectivity index (χ0) is 16.3. The van der Waals surface area contributed by atoms with E-state index in [1.54, 1.807) is 0 Å². The van der Waals surface area contributed by atoms with Gasteiger partial charge >= 0.3 is 5.97 Å². The van der Waals surface area contributed by atoms with Crippen LogP contribution in [-0.4, -0.2) is 56.4 Å². The predicted octanol–water partition coefficient (Wildman–Crippen LogP) is 2.25. The van der Waals surface area contributed by atoms with Gasteiger partial charge in [-0.3, -0.25) is 9.69 Å². The lowest BCUT2D eigenvalue weighted by molar-refractivity contribution is -0.154. The Hall–Kier alpha value is -1.43. The maximum atomic E-state index is 11.8. The average molecular weight is 321 g/mol. The maximum absolute atomic E-state index is 11.8. The summed E-state index contributed by atoms with van der Waals surface area (Å²) < 4.78 is 16.7. The van der Waals surface area contributed by atoms with Crippen LogP contribution >= 0.6 is 0 Å². The monoisotopic (exact) mass is 321 g/mol. The van der Waals surface area contributed by atoms with Crippen molar-refractivity contribution in [1.82, 2.24) is 4.90 Å². The molecule has 1 aliphatic rings. The molecule has 0 aliphatic carbocycles. The summed E-state index contributed by atoms with van der Waals surface area (Å²) in [5.41, 5.74) is 1.12. The summed E-state index contributed by atoms with van der Waals surface area (Å²) in [5.74, 6) is -0.144. The fourth-order valence-corrected chi connectivity index (χ4v) is 2.53. The molecular weight excluding hydrogens is 294 g/mol. The summed E-state index contributed by atoms with van der Waals surface area (Å²) in [7, 11) is 0. The van der Waals surface area contributed by atoms with E-state index in [4.69, 9.17) is 14.2 Å². The van der Waals surface area contributed by atoms with Crippen molar-refractivity contribution in [3.63, 3.8) is 0 Å². The number of ether oxygens (including phenoxy) is 3. The standard InChI is InChI=1S/C18H27NO4/c1-2-6-18(20)23-17(13-19-9-11-21-12-10-19)15-22-14-16-7-4-3-5-8-16/h3-5,7-8,17H,2,6,9-15H2,1H3. The van der Waals surface area contributed by atoms with Crippen LogP contribution in [-0.2, 0) is 25.6 Å². The highest BCUT2D eigenvalue weighted by Crippen LogP contribution is 2.07. The average Bonchev–Trinajstić information content (AvgIpc) is 2.57. The molecule has 1 aromatic carbocycles. The molecule has 1 atom stereocenters. The Morgan fingerprint density at radius 2 is 2.00 bits per heavy atom. The third-order valence-corrected chi connectivity index (χ3v) is 3.73. The second kappa shape index (κ2) is 10.4. The molecule has 0 N–H and O–H groups in total. The lowest BCUT2D eigenvalue weighted by Gasteiger charge is -2.30. The van der Waals surface area contributed by atoms with Crippen LogP contribution in [0, 0.1) is 0 Å². The van der Waals surface area contributed by atoms with Gasteiger partial charge in [-0.15, -0.1) is 0 Å². The third kappa shape index (κ3) is 7.12. The number of morpholine rings is 1. The quantitative estimate of drug-likeness (QED) is 0.653. The van der Waals surface area contributed by atoms with E-state index in [1.807, 2.05) is 37.3 Å². The zero-order valence-electron chi connectivity index (χ0n) is 13.9. The summed E-state index contributed by atoms with van der Waals surface area (Å²) in [6.07, 6.45) is 1.03. The first kappa shape index (κ1) is 17.9. The number of carbonyl (C=O) groups excluding carboxylic acids is 1. The van der Waals surface area contributed by atoms with Crippen LogP contribution in [0.2, 0.25) is 0 Å². The van der Waals surface area contributed by atoms with Crippen LogP contribution in [0.4, 0.5) is 0 Å². The summed E-state index contributed by atoms with van der Waals surface area (Å²) >= 11 is 0. The van der Waals surface area contributed by atoms with Crippen LogP contribution in [0.25, 0.3) is 0 Å². The first-order valence-electron chi connectivity index (χ1n) is 8.39. The van der Waals surface area contributed by atoms with Gasteiger partial charge in [0.1, 0.15) is 6.10 Å². The summed E-state index contributed by atoms with van der Waals surface area (Å²) in [6, 6.07) is 10.0. The molecule has 0 radical (unpaired) electrons. The molecule has 23 heavy (non-hydrogen) atoms. The van der Waals surface area contributed by atoms with Crippen LogP contribution in [0.1, 0.15) is 25.3 Å². The van der Waals surface area contributed by atoms with Crippen molar-refractivity contribution in [3.8, 4) is 0 Å². The van der Waals surface area contributed by atoms with Gasteiger partial charge in [0.25, 0.3) is 0 Å². The van der Waals surface area contributed by atoms with Crippen molar-refractivity contribution >= 4 is 5.97 Å². The minimum atomic E-state index is -0.226. The Kier molecular flexibility index (Phi) is 8.07. The van der Waals surface area contributed by atoms with Gasteiger partial charge < -0.3 is 14.2 Å². The van der Waals surface area contributed by atoms with Crippen molar-refractivity contribution in [2.24, 2.45) is 0 Å². The number of hydrogen-bond acceptors (Lipinski definition) is 5. The maximum Gasteiger partial charge on any atom is 0.306 e. The fourth-order valence-electron chi connectivity index (χ4n) is 2.53. The Bertz CT molecular complexity index is 446. The summed E-state index contributed by atoms with van der Waals surface area (Å²) in [4.78, 5) is 14.1. The SMILES string of the molecule is CCCC(=O)OC(COCc1ccccc1)CN1CCOCC1. The van der Waals surface area contributed by atoms with Crippen molar-refractivity contribution in [2.45, 2.75) is 32.5 Å². The van der Waals surface area contributed by atoms with E-state index in [0.717, 1.165) is 38.3 Å². The molecule has 1 unspecified atom stereocenters. The third-order valence-electron chi connectivity index (χ3n) is 3.73. The van der Waals surface area contributed by atoms with Gasteiger partial charge in [0.15, 0.2) is 0 Å². The van der Waals surface area contributed by atoms with Gasteiger partial charge in [-0.2, -0.15) is 0 Å². The van der Waals surface area contributed by atoms with Crippen molar-refractivity contribution in [3.05, 3.63) is 35.9 Å². The first-order chi connectivity index (χ1) is 11.3. The van der Waals surface area contributed by atoms with Gasteiger partial charge in [-0.25, -0.2) is 0 Å². The van der Waals surface area contributed by atoms with Crippen LogP contribution in [0.3, 0.4) is 0 Å². The van der Waals surface area contributed by atoms with Crippen LogP contribution < -0.4 is 0 Å². The largest absolute Gasteiger partial charge is 0.459 e. The minimum Gasteiger partial charge on any atom is -0.459 e. The molecule has 1 aromatic rings. The molecule has 1 saturated heterocycles. The van der Waals surface area contributed by atoms with E-state index in [1.165, 1.54) is 0 Å². The molecule has 1 aliphatic heterocycles. The van der Waals surface area contributed by atoms with Crippen molar-refractivity contribution in [1.29, 1.82) is 0 Å². The number of carbonyl (C=O) groups is 1. The highest BCUT2D eigenvalue weighted by molar-refractivity contribution is 5.69. The topological polar surface area (TPSA) is 48.0 Å². The Morgan fingerprint density at radius 1 is 1.26 bits per heavy atom. The number of benzene rings is 1. The molecule has 2 rings (SSSR count). The number of rotatable bonds is 9. The molecule has 1 fully saturated rings. The van der Waals surface area contributed by atoms with E-state index < -0.39 is 0 Å². The number of nitrogens with zero attached hydrogens (tertiary/aromatic N) is 1. The molecule has 0 spiro atoms. The number of esters is 1. The van der Waals surface area contributed by atoms with Gasteiger partial charge in [-0.1, -0.05) is 37.3 Å². The number of hydrogen-bond donors (Lipinski definition) is 0. The molecule has 5 heteroatoms. The van der Waals surface area contributed by atoms with E-state index in [2.05, 4.69) is 4.90 Å². The van der Waals surface area contributed by atoms with Gasteiger partial charge in [-0.05, 0) is 12.0 Å². The smallest absolute Gasteiger partial charge is 0.306 e. The molecule has 128 valence electrons. The van der Waals surface area contributed by atoms with E-state index in [-0.39, 0.29) is 12.1 Å². The van der Waals surface area contributed by atoms with Crippen LogP contribution in [0.5, 0.6) is 0 Å². The van der Waals surface area contributed by atoms with Gasteiger partial charge in [0.05, 0.1) is 26.4 Å². The molecule has 0 bridgehead atoms. The van der Waals surface area contributed by atoms with E-state index in [0.29, 0.717) is 26.2 Å². The van der Waals surface area contributed by atoms with E-state index in [9.17, 15) is 4.79 Å².